The van der Waals surface area contributed by atoms with Gasteiger partial charge in [-0.3, -0.25) is 9.59 Å². The highest BCUT2D eigenvalue weighted by Crippen LogP contribution is 2.63. The molecule has 3 nitrogen and oxygen atoms in total. The monoisotopic (exact) mass is 230 g/mol. The van der Waals surface area contributed by atoms with E-state index in [1.165, 1.54) is 11.1 Å². The molecule has 1 aliphatic heterocycles. The molecule has 5 aliphatic rings. The number of carbonyl (C=O) groups is 2. The SMILES string of the molecule is CC1=C(C)[C@H]2[C@H]3C=C[C@@H]([C@H]4C(=O)OC(=O)[C@@H]34)[C@@H]12. The van der Waals surface area contributed by atoms with Gasteiger partial charge in [-0.25, -0.2) is 0 Å². The minimum atomic E-state index is -0.296. The van der Waals surface area contributed by atoms with Crippen molar-refractivity contribution in [2.45, 2.75) is 13.8 Å². The lowest BCUT2D eigenvalue weighted by molar-refractivity contribution is -0.154. The fourth-order valence-electron chi connectivity index (χ4n) is 4.53. The minimum absolute atomic E-state index is 0.192. The summed E-state index contributed by atoms with van der Waals surface area (Å²) in [6.45, 7) is 4.31. The van der Waals surface area contributed by atoms with E-state index in [0.717, 1.165) is 0 Å². The predicted molar refractivity (Wildman–Crippen MR) is 59.6 cm³/mol. The molecule has 0 aromatic carbocycles. The van der Waals surface area contributed by atoms with Gasteiger partial charge in [0.05, 0.1) is 11.8 Å². The van der Waals surface area contributed by atoms with Gasteiger partial charge in [0, 0.05) is 0 Å². The van der Waals surface area contributed by atoms with E-state index in [1.807, 2.05) is 0 Å². The van der Waals surface area contributed by atoms with E-state index in [0.29, 0.717) is 11.8 Å². The summed E-state index contributed by atoms with van der Waals surface area (Å²) in [5, 5.41) is 0. The molecule has 0 unspecified atom stereocenters. The molecule has 0 N–H and O–H groups in total. The number of rotatable bonds is 0. The molecular formula is C14H14O3. The molecule has 3 heteroatoms. The zero-order valence-corrected chi connectivity index (χ0v) is 9.84. The van der Waals surface area contributed by atoms with Crippen LogP contribution in [0.1, 0.15) is 13.8 Å². The molecular weight excluding hydrogens is 216 g/mol. The molecule has 4 aliphatic carbocycles. The molecule has 0 radical (unpaired) electrons. The number of hydrogen-bond acceptors (Lipinski definition) is 3. The number of esters is 2. The van der Waals surface area contributed by atoms with Crippen LogP contribution in [-0.4, -0.2) is 11.9 Å². The summed E-state index contributed by atoms with van der Waals surface area (Å²) in [4.78, 5) is 23.6. The zero-order chi connectivity index (χ0) is 11.9. The molecule has 0 aromatic rings. The fourth-order valence-corrected chi connectivity index (χ4v) is 4.53. The standard InChI is InChI=1S/C14H14O3/c1-5-6(2)10-8-4-3-7(9(5)10)11-12(8)14(16)17-13(11)15/h3-4,7-12H,1-2H3/t7-,8-,9-,10+,11-,12+/m1/s1. The summed E-state index contributed by atoms with van der Waals surface area (Å²) in [5.41, 5.74) is 2.83. The summed E-state index contributed by atoms with van der Waals surface area (Å²) in [6.07, 6.45) is 4.28. The quantitative estimate of drug-likeness (QED) is 0.361. The van der Waals surface area contributed by atoms with E-state index in [-0.39, 0.29) is 35.6 Å². The normalized spacial score (nSPS) is 50.0. The van der Waals surface area contributed by atoms with Crippen LogP contribution in [0.3, 0.4) is 0 Å². The van der Waals surface area contributed by atoms with Crippen LogP contribution >= 0.6 is 0 Å². The largest absolute Gasteiger partial charge is 0.393 e. The molecule has 0 amide bonds. The third-order valence-electron chi connectivity index (χ3n) is 5.36. The summed E-state index contributed by atoms with van der Waals surface area (Å²) in [7, 11) is 0. The molecule has 0 spiro atoms. The van der Waals surface area contributed by atoms with E-state index in [1.54, 1.807) is 0 Å². The highest BCUT2D eigenvalue weighted by Gasteiger charge is 2.64. The van der Waals surface area contributed by atoms with Crippen molar-refractivity contribution >= 4 is 11.9 Å². The van der Waals surface area contributed by atoms with Crippen LogP contribution in [-0.2, 0) is 14.3 Å². The maximum absolute atomic E-state index is 11.8. The zero-order valence-electron chi connectivity index (χ0n) is 9.84. The van der Waals surface area contributed by atoms with Crippen molar-refractivity contribution < 1.29 is 14.3 Å². The minimum Gasteiger partial charge on any atom is -0.393 e. The lowest BCUT2D eigenvalue weighted by atomic mass is 9.46. The number of ether oxygens (including phenoxy) is 1. The van der Waals surface area contributed by atoms with E-state index >= 15 is 0 Å². The maximum atomic E-state index is 11.8. The van der Waals surface area contributed by atoms with Crippen molar-refractivity contribution in [3.63, 3.8) is 0 Å². The Hall–Kier alpha value is -1.38. The third kappa shape index (κ3) is 0.874. The molecule has 1 saturated heterocycles. The van der Waals surface area contributed by atoms with Crippen LogP contribution in [0.25, 0.3) is 0 Å². The van der Waals surface area contributed by atoms with Crippen LogP contribution in [0.5, 0.6) is 0 Å². The first kappa shape index (κ1) is 9.63. The van der Waals surface area contributed by atoms with Crippen LogP contribution in [0.2, 0.25) is 0 Å². The first-order chi connectivity index (χ1) is 8.11. The molecule has 2 fully saturated rings. The van der Waals surface area contributed by atoms with Crippen molar-refractivity contribution in [2.24, 2.45) is 35.5 Å². The lowest BCUT2D eigenvalue weighted by Crippen LogP contribution is -2.54. The number of carbonyl (C=O) groups excluding carboxylic acids is 2. The summed E-state index contributed by atoms with van der Waals surface area (Å²) in [5.74, 6) is 0.332. The summed E-state index contributed by atoms with van der Waals surface area (Å²) < 4.78 is 4.85. The van der Waals surface area contributed by atoms with E-state index in [4.69, 9.17) is 4.74 Å². The van der Waals surface area contributed by atoms with Gasteiger partial charge in [0.1, 0.15) is 0 Å². The first-order valence-electron chi connectivity index (χ1n) is 6.22. The highest BCUT2D eigenvalue weighted by molar-refractivity contribution is 5.98. The Labute approximate surface area is 99.5 Å². The van der Waals surface area contributed by atoms with Crippen molar-refractivity contribution in [1.82, 2.24) is 0 Å². The van der Waals surface area contributed by atoms with Gasteiger partial charge in [0.2, 0.25) is 0 Å². The van der Waals surface area contributed by atoms with Crippen molar-refractivity contribution in [3.8, 4) is 0 Å². The lowest BCUT2D eigenvalue weighted by Gasteiger charge is -2.56. The van der Waals surface area contributed by atoms with Gasteiger partial charge in [0.15, 0.2) is 0 Å². The maximum Gasteiger partial charge on any atom is 0.318 e. The van der Waals surface area contributed by atoms with E-state index < -0.39 is 0 Å². The molecule has 1 heterocycles. The van der Waals surface area contributed by atoms with Gasteiger partial charge in [-0.05, 0) is 37.5 Å². The predicted octanol–water partition coefficient (Wildman–Crippen LogP) is 1.70. The van der Waals surface area contributed by atoms with Crippen molar-refractivity contribution in [1.29, 1.82) is 0 Å². The van der Waals surface area contributed by atoms with Crippen LogP contribution in [0.15, 0.2) is 23.3 Å². The average molecular weight is 230 g/mol. The van der Waals surface area contributed by atoms with Crippen molar-refractivity contribution in [2.75, 3.05) is 0 Å². The van der Waals surface area contributed by atoms with Gasteiger partial charge < -0.3 is 4.74 Å². The van der Waals surface area contributed by atoms with Crippen LogP contribution < -0.4 is 0 Å². The summed E-state index contributed by atoms with van der Waals surface area (Å²) >= 11 is 0. The Bertz CT molecular complexity index is 470. The molecule has 17 heavy (non-hydrogen) atoms. The molecule has 0 aromatic heterocycles. The molecule has 1 saturated carbocycles. The van der Waals surface area contributed by atoms with Gasteiger partial charge in [-0.15, -0.1) is 0 Å². The second-order valence-corrected chi connectivity index (χ2v) is 5.75. The Balaban J connectivity index is 1.86. The first-order valence-corrected chi connectivity index (χ1v) is 6.22. The number of allylic oxidation sites excluding steroid dienone is 4. The molecule has 6 atom stereocenters. The fraction of sp³-hybridized carbons (Fsp3) is 0.571. The number of hydrogen-bond donors (Lipinski definition) is 0. The van der Waals surface area contributed by atoms with Crippen molar-refractivity contribution in [3.05, 3.63) is 23.3 Å². The Morgan fingerprint density at radius 3 is 1.65 bits per heavy atom. The second kappa shape index (κ2) is 2.71. The van der Waals surface area contributed by atoms with Gasteiger partial charge in [0.25, 0.3) is 0 Å². The Morgan fingerprint density at radius 1 is 0.824 bits per heavy atom. The van der Waals surface area contributed by atoms with E-state index in [9.17, 15) is 9.59 Å². The Morgan fingerprint density at radius 2 is 1.24 bits per heavy atom. The molecule has 88 valence electrons. The Kier molecular flexibility index (Phi) is 1.54. The van der Waals surface area contributed by atoms with E-state index in [2.05, 4.69) is 26.0 Å². The van der Waals surface area contributed by atoms with Gasteiger partial charge >= 0.3 is 11.9 Å². The summed E-state index contributed by atoms with van der Waals surface area (Å²) in [6, 6.07) is 0. The average Bonchev–Trinajstić information content (AvgIpc) is 2.65. The second-order valence-electron chi connectivity index (χ2n) is 5.75. The number of cyclic esters (lactones) is 2. The van der Waals surface area contributed by atoms with Gasteiger partial charge in [-0.2, -0.15) is 0 Å². The highest BCUT2D eigenvalue weighted by atomic mass is 16.6. The smallest absolute Gasteiger partial charge is 0.318 e. The molecule has 5 rings (SSSR count). The topological polar surface area (TPSA) is 43.4 Å². The van der Waals surface area contributed by atoms with Crippen LogP contribution in [0, 0.1) is 35.5 Å². The van der Waals surface area contributed by atoms with Gasteiger partial charge in [-0.1, -0.05) is 23.3 Å². The molecule has 2 bridgehead atoms. The third-order valence-corrected chi connectivity index (χ3v) is 5.36. The van der Waals surface area contributed by atoms with Crippen LogP contribution in [0.4, 0.5) is 0 Å².